The molecule has 0 aliphatic heterocycles. The van der Waals surface area contributed by atoms with E-state index < -0.39 is 28.5 Å². The van der Waals surface area contributed by atoms with E-state index in [1.807, 2.05) is 13.0 Å². The van der Waals surface area contributed by atoms with Gasteiger partial charge in [0.05, 0.1) is 10.6 Å². The molecule has 1 atom stereocenters. The van der Waals surface area contributed by atoms with Crippen LogP contribution in [0, 0.1) is 0 Å². The maximum atomic E-state index is 14.1. The number of carbonyl (C=O) groups is 2. The van der Waals surface area contributed by atoms with Crippen molar-refractivity contribution in [2.45, 2.75) is 62.6 Å². The zero-order valence-corrected chi connectivity index (χ0v) is 25.5. The van der Waals surface area contributed by atoms with E-state index in [1.54, 1.807) is 60.7 Å². The number of nitrogens with zero attached hydrogens (tertiary/aromatic N) is 2. The lowest BCUT2D eigenvalue weighted by Crippen LogP contribution is -2.53. The van der Waals surface area contributed by atoms with E-state index in [-0.39, 0.29) is 23.4 Å². The highest BCUT2D eigenvalue weighted by Crippen LogP contribution is 2.27. The summed E-state index contributed by atoms with van der Waals surface area (Å²) in [5.41, 5.74) is 1.01. The summed E-state index contributed by atoms with van der Waals surface area (Å²) in [5, 5.41) is 3.58. The minimum absolute atomic E-state index is 0.0641. The minimum atomic E-state index is -4.10. The Bertz CT molecular complexity index is 1410. The molecule has 0 heterocycles. The molecule has 1 fully saturated rings. The topological polar surface area (TPSA) is 86.8 Å². The van der Waals surface area contributed by atoms with Crippen molar-refractivity contribution in [2.75, 3.05) is 10.8 Å². The molecule has 0 spiro atoms. The Morgan fingerprint density at radius 2 is 1.60 bits per heavy atom. The van der Waals surface area contributed by atoms with Crippen LogP contribution in [-0.2, 0) is 26.2 Å². The zero-order valence-electron chi connectivity index (χ0n) is 22.3. The fourth-order valence-electron chi connectivity index (χ4n) is 4.95. The first-order valence-corrected chi connectivity index (χ1v) is 16.0. The fraction of sp³-hybridized carbons (Fsp3) is 0.333. The monoisotopic (exact) mass is 645 g/mol. The molecule has 40 heavy (non-hydrogen) atoms. The third kappa shape index (κ3) is 7.25. The molecule has 0 bridgehead atoms. The molecule has 1 aliphatic carbocycles. The number of carbonyl (C=O) groups excluding carboxylic acids is 2. The molecule has 212 valence electrons. The van der Waals surface area contributed by atoms with Crippen LogP contribution in [0.2, 0.25) is 5.02 Å². The summed E-state index contributed by atoms with van der Waals surface area (Å²) in [5.74, 6) is -0.744. The molecule has 4 rings (SSSR count). The second-order valence-electron chi connectivity index (χ2n) is 9.83. The lowest BCUT2D eigenvalue weighted by molar-refractivity contribution is -0.140. The van der Waals surface area contributed by atoms with Gasteiger partial charge < -0.3 is 10.2 Å². The van der Waals surface area contributed by atoms with Gasteiger partial charge in [-0.1, -0.05) is 83.7 Å². The van der Waals surface area contributed by atoms with Crippen LogP contribution >= 0.6 is 27.5 Å². The molecule has 0 saturated heterocycles. The quantitative estimate of drug-likeness (QED) is 0.270. The van der Waals surface area contributed by atoms with Crippen LogP contribution in [0.15, 0.2) is 88.2 Å². The van der Waals surface area contributed by atoms with Crippen molar-refractivity contribution in [2.24, 2.45) is 0 Å². The van der Waals surface area contributed by atoms with Crippen molar-refractivity contribution in [3.05, 3.63) is 93.9 Å². The van der Waals surface area contributed by atoms with Crippen molar-refractivity contribution in [1.82, 2.24) is 10.2 Å². The number of anilines is 1. The van der Waals surface area contributed by atoms with Gasteiger partial charge in [0.15, 0.2) is 0 Å². The molecule has 1 N–H and O–H groups in total. The lowest BCUT2D eigenvalue weighted by Gasteiger charge is -2.34. The summed E-state index contributed by atoms with van der Waals surface area (Å²) in [7, 11) is -4.10. The van der Waals surface area contributed by atoms with Crippen molar-refractivity contribution in [3.8, 4) is 0 Å². The number of halogens is 2. The van der Waals surface area contributed by atoms with E-state index in [2.05, 4.69) is 21.2 Å². The number of sulfonamides is 1. The third-order valence-electron chi connectivity index (χ3n) is 7.11. The van der Waals surface area contributed by atoms with E-state index >= 15 is 0 Å². The average molecular weight is 647 g/mol. The van der Waals surface area contributed by atoms with Crippen molar-refractivity contribution in [1.29, 1.82) is 0 Å². The van der Waals surface area contributed by atoms with Gasteiger partial charge in [0.1, 0.15) is 12.6 Å². The predicted molar refractivity (Wildman–Crippen MR) is 162 cm³/mol. The predicted octanol–water partition coefficient (Wildman–Crippen LogP) is 6.16. The Balaban J connectivity index is 1.71. The van der Waals surface area contributed by atoms with Crippen molar-refractivity contribution in [3.63, 3.8) is 0 Å². The third-order valence-corrected chi connectivity index (χ3v) is 9.80. The highest BCUT2D eigenvalue weighted by molar-refractivity contribution is 9.10. The van der Waals surface area contributed by atoms with Crippen molar-refractivity contribution >= 4 is 55.1 Å². The molecular formula is C30H33BrClN3O4S. The second-order valence-corrected chi connectivity index (χ2v) is 13.0. The van der Waals surface area contributed by atoms with Gasteiger partial charge in [0.2, 0.25) is 11.8 Å². The van der Waals surface area contributed by atoms with Gasteiger partial charge in [-0.2, -0.15) is 0 Å². The van der Waals surface area contributed by atoms with Crippen LogP contribution in [0.25, 0.3) is 0 Å². The molecule has 0 radical (unpaired) electrons. The molecule has 0 aromatic heterocycles. The van der Waals surface area contributed by atoms with E-state index in [0.29, 0.717) is 22.7 Å². The minimum Gasteiger partial charge on any atom is -0.352 e. The Kier molecular flexibility index (Phi) is 10.3. The first kappa shape index (κ1) is 30.1. The Hall–Kier alpha value is -2.88. The number of nitrogens with one attached hydrogen (secondary N) is 1. The highest BCUT2D eigenvalue weighted by atomic mass is 79.9. The summed E-state index contributed by atoms with van der Waals surface area (Å²) in [6.07, 6.45) is 4.30. The second kappa shape index (κ2) is 13.7. The molecule has 1 aliphatic rings. The SMILES string of the molecule is CC[C@@H](C(=O)NC1CCCC1)N(Cc1ccccc1Cl)C(=O)CN(c1ccc(Br)cc1)S(=O)(=O)c1ccccc1. The van der Waals surface area contributed by atoms with Gasteiger partial charge in [0.25, 0.3) is 10.0 Å². The smallest absolute Gasteiger partial charge is 0.264 e. The Labute approximate surface area is 249 Å². The normalized spacial score (nSPS) is 14.5. The maximum Gasteiger partial charge on any atom is 0.264 e. The standard InChI is InChI=1S/C30H33BrClN3O4S/c1-2-28(30(37)33-24-11-7-8-12-24)34(20-22-10-6-9-15-27(22)32)29(36)21-35(25-18-16-23(31)17-19-25)40(38,39)26-13-4-3-5-14-26/h3-6,9-10,13-19,24,28H,2,7-8,11-12,20-21H2,1H3,(H,33,37)/t28-/m0/s1. The molecule has 10 heteroatoms. The summed E-state index contributed by atoms with van der Waals surface area (Å²) in [6.45, 7) is 1.42. The van der Waals surface area contributed by atoms with Crippen LogP contribution in [0.3, 0.4) is 0 Å². The van der Waals surface area contributed by atoms with E-state index in [0.717, 1.165) is 34.5 Å². The number of benzene rings is 3. The maximum absolute atomic E-state index is 14.1. The van der Waals surface area contributed by atoms with Crippen LogP contribution in [0.5, 0.6) is 0 Å². The van der Waals surface area contributed by atoms with E-state index in [4.69, 9.17) is 11.6 Å². The fourth-order valence-corrected chi connectivity index (χ4v) is 6.85. The number of rotatable bonds is 11. The highest BCUT2D eigenvalue weighted by Gasteiger charge is 2.34. The van der Waals surface area contributed by atoms with Crippen LogP contribution in [-0.4, -0.2) is 43.8 Å². The van der Waals surface area contributed by atoms with Gasteiger partial charge >= 0.3 is 0 Å². The van der Waals surface area contributed by atoms with Gasteiger partial charge in [-0.15, -0.1) is 0 Å². The summed E-state index contributed by atoms with van der Waals surface area (Å²) in [4.78, 5) is 29.1. The van der Waals surface area contributed by atoms with E-state index in [1.165, 1.54) is 17.0 Å². The largest absolute Gasteiger partial charge is 0.352 e. The van der Waals surface area contributed by atoms with Gasteiger partial charge in [-0.3, -0.25) is 13.9 Å². The summed E-state index contributed by atoms with van der Waals surface area (Å²) < 4.78 is 29.5. The summed E-state index contributed by atoms with van der Waals surface area (Å²) >= 11 is 9.85. The molecular weight excluding hydrogens is 614 g/mol. The Morgan fingerprint density at radius 3 is 2.23 bits per heavy atom. The molecule has 2 amide bonds. The van der Waals surface area contributed by atoms with Gasteiger partial charge in [-0.05, 0) is 67.3 Å². The first-order valence-electron chi connectivity index (χ1n) is 13.4. The first-order chi connectivity index (χ1) is 19.2. The lowest BCUT2D eigenvalue weighted by atomic mass is 10.1. The average Bonchev–Trinajstić information content (AvgIpc) is 3.46. The molecule has 7 nitrogen and oxygen atoms in total. The number of amides is 2. The van der Waals surface area contributed by atoms with Gasteiger partial charge in [0, 0.05) is 22.1 Å². The van der Waals surface area contributed by atoms with E-state index in [9.17, 15) is 18.0 Å². The number of hydrogen-bond donors (Lipinski definition) is 1. The molecule has 0 unspecified atom stereocenters. The molecule has 3 aromatic carbocycles. The Morgan fingerprint density at radius 1 is 0.975 bits per heavy atom. The summed E-state index contributed by atoms with van der Waals surface area (Å²) in [6, 6.07) is 21.1. The van der Waals surface area contributed by atoms with Crippen LogP contribution in [0.4, 0.5) is 5.69 Å². The van der Waals surface area contributed by atoms with Crippen LogP contribution < -0.4 is 9.62 Å². The van der Waals surface area contributed by atoms with Crippen molar-refractivity contribution < 1.29 is 18.0 Å². The van der Waals surface area contributed by atoms with Crippen LogP contribution in [0.1, 0.15) is 44.6 Å². The number of hydrogen-bond acceptors (Lipinski definition) is 4. The van der Waals surface area contributed by atoms with Gasteiger partial charge in [-0.25, -0.2) is 8.42 Å². The zero-order chi connectivity index (χ0) is 28.7. The molecule has 3 aromatic rings. The molecule has 1 saturated carbocycles.